The van der Waals surface area contributed by atoms with Gasteiger partial charge in [0.2, 0.25) is 0 Å². The highest BCUT2D eigenvalue weighted by atomic mass is 35.5. The van der Waals surface area contributed by atoms with E-state index in [0.29, 0.717) is 20.5 Å². The van der Waals surface area contributed by atoms with Crippen molar-refractivity contribution in [3.63, 3.8) is 0 Å². The van der Waals surface area contributed by atoms with E-state index in [4.69, 9.17) is 11.6 Å². The van der Waals surface area contributed by atoms with Crippen molar-refractivity contribution >= 4 is 39.5 Å². The van der Waals surface area contributed by atoms with Crippen molar-refractivity contribution in [2.45, 2.75) is 23.5 Å². The summed E-state index contributed by atoms with van der Waals surface area (Å²) < 4.78 is 12.7. The van der Waals surface area contributed by atoms with Crippen LogP contribution in [0.3, 0.4) is 0 Å². The molecule has 14 heavy (non-hydrogen) atoms. The fraction of sp³-hybridized carbons (Fsp3) is 0.444. The van der Waals surface area contributed by atoms with Gasteiger partial charge in [0, 0.05) is 18.2 Å². The van der Waals surface area contributed by atoms with Crippen LogP contribution in [-0.2, 0) is 17.2 Å². The third-order valence-electron chi connectivity index (χ3n) is 2.30. The van der Waals surface area contributed by atoms with Gasteiger partial charge in [-0.1, -0.05) is 11.6 Å². The van der Waals surface area contributed by atoms with Gasteiger partial charge < -0.3 is 0 Å². The maximum absolute atomic E-state index is 11.6. The maximum Gasteiger partial charge on any atom is 0.165 e. The zero-order valence-corrected chi connectivity index (χ0v) is 10.0. The minimum Gasteiger partial charge on any atom is -0.294 e. The molecule has 1 heterocycles. The Labute approximate surface area is 93.7 Å². The van der Waals surface area contributed by atoms with Gasteiger partial charge >= 0.3 is 0 Å². The van der Waals surface area contributed by atoms with E-state index in [9.17, 15) is 9.00 Å². The summed E-state index contributed by atoms with van der Waals surface area (Å²) in [5, 5.41) is 0. The summed E-state index contributed by atoms with van der Waals surface area (Å²) in [5.41, 5.74) is 1.56. The van der Waals surface area contributed by atoms with Crippen molar-refractivity contribution in [2.24, 2.45) is 0 Å². The normalized spacial score (nSPS) is 18.0. The minimum absolute atomic E-state index is 0.0969. The van der Waals surface area contributed by atoms with E-state index in [-0.39, 0.29) is 5.78 Å². The van der Waals surface area contributed by atoms with E-state index in [1.54, 1.807) is 6.26 Å². The number of rotatable bonds is 1. The van der Waals surface area contributed by atoms with Gasteiger partial charge in [0.15, 0.2) is 5.78 Å². The van der Waals surface area contributed by atoms with Crippen molar-refractivity contribution in [2.75, 3.05) is 6.26 Å². The van der Waals surface area contributed by atoms with Gasteiger partial charge in [-0.25, -0.2) is 0 Å². The predicted molar refractivity (Wildman–Crippen MR) is 58.9 cm³/mol. The number of carbonyl (C=O) groups is 1. The molecule has 1 aliphatic rings. The number of carbonyl (C=O) groups excluding carboxylic acids is 1. The molecule has 5 heteroatoms. The number of thiophene rings is 1. The molecule has 0 saturated heterocycles. The molecule has 0 aliphatic heterocycles. The van der Waals surface area contributed by atoms with Crippen LogP contribution in [0.25, 0.3) is 0 Å². The SMILES string of the molecule is CS(=O)c1sc(Cl)c2c1C(=O)CCC2. The number of Topliss-reactive ketones (excluding diaryl/α,β-unsaturated/α-hetero) is 1. The Morgan fingerprint density at radius 1 is 1.43 bits per heavy atom. The largest absolute Gasteiger partial charge is 0.294 e. The second kappa shape index (κ2) is 3.76. The first kappa shape index (κ1) is 10.3. The van der Waals surface area contributed by atoms with Gasteiger partial charge in [-0.15, -0.1) is 11.3 Å². The van der Waals surface area contributed by atoms with Crippen molar-refractivity contribution < 1.29 is 9.00 Å². The van der Waals surface area contributed by atoms with Gasteiger partial charge in [-0.05, 0) is 18.4 Å². The van der Waals surface area contributed by atoms with Crippen LogP contribution in [0.2, 0.25) is 4.34 Å². The van der Waals surface area contributed by atoms with Crippen molar-refractivity contribution in [3.8, 4) is 0 Å². The molecule has 0 aromatic carbocycles. The van der Waals surface area contributed by atoms with Gasteiger partial charge in [0.05, 0.1) is 15.1 Å². The summed E-state index contributed by atoms with van der Waals surface area (Å²) in [6.07, 6.45) is 3.85. The van der Waals surface area contributed by atoms with E-state index in [1.165, 1.54) is 11.3 Å². The second-order valence-electron chi connectivity index (χ2n) is 3.25. The number of halogens is 1. The van der Waals surface area contributed by atoms with Crippen LogP contribution in [0.1, 0.15) is 28.8 Å². The molecule has 0 bridgehead atoms. The fourth-order valence-corrected chi connectivity index (χ4v) is 4.30. The summed E-state index contributed by atoms with van der Waals surface area (Å²) >= 11 is 7.29. The molecule has 0 radical (unpaired) electrons. The first-order valence-corrected chi connectivity index (χ1v) is 7.04. The molecule has 0 amide bonds. The number of hydrogen-bond donors (Lipinski definition) is 0. The Morgan fingerprint density at radius 3 is 2.79 bits per heavy atom. The van der Waals surface area contributed by atoms with E-state index in [2.05, 4.69) is 0 Å². The predicted octanol–water partition coefficient (Wildman–Crippen LogP) is 2.66. The van der Waals surface area contributed by atoms with Crippen molar-refractivity contribution in [3.05, 3.63) is 15.5 Å². The molecule has 76 valence electrons. The second-order valence-corrected chi connectivity index (χ2v) is 6.45. The Bertz CT molecular complexity index is 423. The molecule has 1 atom stereocenters. The lowest BCUT2D eigenvalue weighted by Gasteiger charge is -2.10. The molecular formula is C9H9ClO2S2. The standard InChI is InChI=1S/C9H9ClO2S2/c1-14(12)9-7-5(8(10)13-9)3-2-4-6(7)11/h2-4H2,1H3. The lowest BCUT2D eigenvalue weighted by Crippen LogP contribution is -2.10. The number of hydrogen-bond acceptors (Lipinski definition) is 3. The summed E-state index contributed by atoms with van der Waals surface area (Å²) in [6, 6.07) is 0. The topological polar surface area (TPSA) is 34.1 Å². The Morgan fingerprint density at radius 2 is 2.14 bits per heavy atom. The molecule has 2 nitrogen and oxygen atoms in total. The van der Waals surface area contributed by atoms with E-state index < -0.39 is 10.8 Å². The minimum atomic E-state index is -1.11. The van der Waals surface area contributed by atoms with Crippen LogP contribution >= 0.6 is 22.9 Å². The Balaban J connectivity index is 2.65. The molecule has 2 rings (SSSR count). The smallest absolute Gasteiger partial charge is 0.165 e. The third-order valence-corrected chi connectivity index (χ3v) is 5.25. The monoisotopic (exact) mass is 248 g/mol. The molecule has 1 aliphatic carbocycles. The molecule has 1 aromatic heterocycles. The van der Waals surface area contributed by atoms with Gasteiger partial charge in [-0.2, -0.15) is 0 Å². The Hall–Kier alpha value is -0.190. The number of fused-ring (bicyclic) bond motifs is 1. The van der Waals surface area contributed by atoms with Crippen molar-refractivity contribution in [1.29, 1.82) is 0 Å². The summed E-state index contributed by atoms with van der Waals surface area (Å²) in [7, 11) is -1.11. The molecule has 0 fully saturated rings. The molecule has 0 spiro atoms. The van der Waals surface area contributed by atoms with Gasteiger partial charge in [-0.3, -0.25) is 9.00 Å². The summed E-state index contributed by atoms with van der Waals surface area (Å²) in [4.78, 5) is 11.6. The highest BCUT2D eigenvalue weighted by Gasteiger charge is 2.27. The van der Waals surface area contributed by atoms with Crippen LogP contribution in [0, 0.1) is 0 Å². The average molecular weight is 249 g/mol. The maximum atomic E-state index is 11.6. The lowest BCUT2D eigenvalue weighted by molar-refractivity contribution is 0.0970. The molecular weight excluding hydrogens is 240 g/mol. The van der Waals surface area contributed by atoms with Gasteiger partial charge in [0.25, 0.3) is 0 Å². The van der Waals surface area contributed by atoms with E-state index in [1.807, 2.05) is 0 Å². The first-order valence-electron chi connectivity index (χ1n) is 4.29. The van der Waals surface area contributed by atoms with E-state index >= 15 is 0 Å². The zero-order valence-electron chi connectivity index (χ0n) is 7.63. The van der Waals surface area contributed by atoms with E-state index in [0.717, 1.165) is 18.4 Å². The highest BCUT2D eigenvalue weighted by Crippen LogP contribution is 2.39. The number of ketones is 1. The zero-order chi connectivity index (χ0) is 10.3. The lowest BCUT2D eigenvalue weighted by atomic mass is 9.95. The third kappa shape index (κ3) is 1.55. The molecule has 0 N–H and O–H groups in total. The first-order chi connectivity index (χ1) is 6.61. The van der Waals surface area contributed by atoms with Crippen molar-refractivity contribution in [1.82, 2.24) is 0 Å². The molecule has 0 saturated carbocycles. The summed E-state index contributed by atoms with van der Waals surface area (Å²) in [5.74, 6) is 0.0969. The Kier molecular flexibility index (Phi) is 2.77. The van der Waals surface area contributed by atoms with Crippen LogP contribution in [0.5, 0.6) is 0 Å². The highest BCUT2D eigenvalue weighted by molar-refractivity contribution is 7.86. The average Bonchev–Trinajstić information content (AvgIpc) is 2.46. The van der Waals surface area contributed by atoms with Crippen LogP contribution in [0.15, 0.2) is 4.21 Å². The van der Waals surface area contributed by atoms with Gasteiger partial charge in [0.1, 0.15) is 4.21 Å². The molecule has 1 aromatic rings. The van der Waals surface area contributed by atoms with Crippen LogP contribution < -0.4 is 0 Å². The fourth-order valence-electron chi connectivity index (χ4n) is 1.67. The quantitative estimate of drug-likeness (QED) is 0.766. The van der Waals surface area contributed by atoms with Crippen LogP contribution in [0.4, 0.5) is 0 Å². The van der Waals surface area contributed by atoms with Crippen LogP contribution in [-0.4, -0.2) is 16.2 Å². The molecule has 1 unspecified atom stereocenters. The summed E-state index contributed by atoms with van der Waals surface area (Å²) in [6.45, 7) is 0.